The van der Waals surface area contributed by atoms with E-state index in [0.29, 0.717) is 19.5 Å². The van der Waals surface area contributed by atoms with Gasteiger partial charge < -0.3 is 9.80 Å². The number of halogens is 1. The molecule has 0 atom stereocenters. The van der Waals surface area contributed by atoms with Crippen LogP contribution in [-0.4, -0.2) is 58.5 Å². The summed E-state index contributed by atoms with van der Waals surface area (Å²) in [6.07, 6.45) is 8.54. The van der Waals surface area contributed by atoms with Crippen LogP contribution in [0.2, 0.25) is 0 Å². The summed E-state index contributed by atoms with van der Waals surface area (Å²) < 4.78 is 13.0. The van der Waals surface area contributed by atoms with Crippen molar-refractivity contribution in [2.75, 3.05) is 26.7 Å². The van der Waals surface area contributed by atoms with E-state index in [-0.39, 0.29) is 24.2 Å². The number of aryl methyl sites for hydroxylation is 1. The Hall–Kier alpha value is -2.70. The number of H-pyrrole nitrogens is 1. The van der Waals surface area contributed by atoms with Gasteiger partial charge in [-0.25, -0.2) is 4.39 Å². The molecule has 1 aliphatic rings. The van der Waals surface area contributed by atoms with E-state index in [4.69, 9.17) is 0 Å². The van der Waals surface area contributed by atoms with Crippen LogP contribution >= 0.6 is 0 Å². The van der Waals surface area contributed by atoms with E-state index >= 15 is 0 Å². The van der Waals surface area contributed by atoms with Crippen LogP contribution in [-0.2, 0) is 16.0 Å². The van der Waals surface area contributed by atoms with Crippen molar-refractivity contribution >= 4 is 11.8 Å². The summed E-state index contributed by atoms with van der Waals surface area (Å²) in [4.78, 5) is 28.2. The second kappa shape index (κ2) is 11.6. The Morgan fingerprint density at radius 2 is 1.90 bits per heavy atom. The minimum atomic E-state index is -0.253. The molecule has 0 saturated carbocycles. The van der Waals surface area contributed by atoms with E-state index in [1.54, 1.807) is 21.9 Å². The first-order valence-corrected chi connectivity index (χ1v) is 11.3. The van der Waals surface area contributed by atoms with E-state index in [1.807, 2.05) is 13.1 Å². The maximum atomic E-state index is 13.0. The number of amides is 2. The van der Waals surface area contributed by atoms with Crippen LogP contribution in [0.25, 0.3) is 11.3 Å². The zero-order valence-electron chi connectivity index (χ0n) is 18.4. The maximum absolute atomic E-state index is 13.0. The number of likely N-dealkylation sites (N-methyl/N-ethyl adjacent to an activating group) is 1. The highest BCUT2D eigenvalue weighted by Gasteiger charge is 2.20. The van der Waals surface area contributed by atoms with Gasteiger partial charge in [0.25, 0.3) is 0 Å². The second-order valence-electron chi connectivity index (χ2n) is 8.39. The first kappa shape index (κ1) is 23.0. The Morgan fingerprint density at radius 1 is 1.13 bits per heavy atom. The predicted octanol–water partition coefficient (Wildman–Crippen LogP) is 4.18. The molecule has 1 N–H and O–H groups in total. The van der Waals surface area contributed by atoms with Crippen LogP contribution in [0, 0.1) is 5.82 Å². The average molecular weight is 429 g/mol. The Morgan fingerprint density at radius 3 is 2.71 bits per heavy atom. The van der Waals surface area contributed by atoms with E-state index in [0.717, 1.165) is 68.3 Å². The van der Waals surface area contributed by atoms with Gasteiger partial charge >= 0.3 is 0 Å². The number of likely N-dealkylation sites (tertiary alicyclic amines) is 1. The molecule has 1 aromatic carbocycles. The number of carbonyl (C=O) groups is 2. The summed E-state index contributed by atoms with van der Waals surface area (Å²) in [5.41, 5.74) is 2.76. The molecule has 7 heteroatoms. The zero-order chi connectivity index (χ0) is 22.1. The lowest BCUT2D eigenvalue weighted by Crippen LogP contribution is -2.42. The van der Waals surface area contributed by atoms with Gasteiger partial charge in [0.15, 0.2) is 0 Å². The summed E-state index contributed by atoms with van der Waals surface area (Å²) in [5, 5.41) is 7.36. The summed E-state index contributed by atoms with van der Waals surface area (Å²) in [6, 6.07) is 8.33. The van der Waals surface area contributed by atoms with Crippen molar-refractivity contribution < 1.29 is 14.0 Å². The Bertz CT molecular complexity index is 850. The molecule has 2 aromatic rings. The Labute approximate surface area is 183 Å². The molecule has 0 unspecified atom stereocenters. The average Bonchev–Trinajstić information content (AvgIpc) is 3.22. The van der Waals surface area contributed by atoms with Crippen molar-refractivity contribution in [2.24, 2.45) is 0 Å². The van der Waals surface area contributed by atoms with Crippen LogP contribution in [0.4, 0.5) is 4.39 Å². The molecule has 1 saturated heterocycles. The molecule has 3 rings (SSSR count). The third-order valence-corrected chi connectivity index (χ3v) is 5.88. The first-order valence-electron chi connectivity index (χ1n) is 11.3. The molecule has 1 aliphatic heterocycles. The number of benzene rings is 1. The molecule has 2 heterocycles. The molecule has 168 valence electrons. The number of aromatic nitrogens is 2. The minimum Gasteiger partial charge on any atom is -0.344 e. The van der Waals surface area contributed by atoms with Gasteiger partial charge in [0.1, 0.15) is 5.82 Å². The molecule has 2 amide bonds. The molecular formula is C24H33FN4O2. The SMILES string of the molecule is CN(CCCCCc1cc(-c2ccc(F)cc2)n[nH]1)C(=O)CN1CCCCCCC1=O. The third kappa shape index (κ3) is 7.19. The number of nitrogens with one attached hydrogen (secondary N) is 1. The van der Waals surface area contributed by atoms with E-state index < -0.39 is 0 Å². The van der Waals surface area contributed by atoms with Gasteiger partial charge in [-0.2, -0.15) is 5.10 Å². The van der Waals surface area contributed by atoms with Gasteiger partial charge in [-0.3, -0.25) is 14.7 Å². The molecule has 6 nitrogen and oxygen atoms in total. The van der Waals surface area contributed by atoms with Crippen LogP contribution in [0.15, 0.2) is 30.3 Å². The van der Waals surface area contributed by atoms with Crippen molar-refractivity contribution in [2.45, 2.75) is 57.8 Å². The highest BCUT2D eigenvalue weighted by molar-refractivity contribution is 5.84. The van der Waals surface area contributed by atoms with Gasteiger partial charge in [-0.1, -0.05) is 19.3 Å². The van der Waals surface area contributed by atoms with Crippen LogP contribution in [0.5, 0.6) is 0 Å². The minimum absolute atomic E-state index is 0.0198. The fourth-order valence-corrected chi connectivity index (χ4v) is 3.89. The molecule has 0 radical (unpaired) electrons. The predicted molar refractivity (Wildman–Crippen MR) is 119 cm³/mol. The summed E-state index contributed by atoms with van der Waals surface area (Å²) in [6.45, 7) is 1.60. The molecule has 31 heavy (non-hydrogen) atoms. The summed E-state index contributed by atoms with van der Waals surface area (Å²) >= 11 is 0. The van der Waals surface area contributed by atoms with Gasteiger partial charge in [0, 0.05) is 37.8 Å². The maximum Gasteiger partial charge on any atom is 0.241 e. The number of nitrogens with zero attached hydrogens (tertiary/aromatic N) is 3. The topological polar surface area (TPSA) is 69.3 Å². The Balaban J connectivity index is 1.34. The highest BCUT2D eigenvalue weighted by Crippen LogP contribution is 2.19. The first-order chi connectivity index (χ1) is 15.0. The van der Waals surface area contributed by atoms with Crippen LogP contribution in [0.3, 0.4) is 0 Å². The monoisotopic (exact) mass is 428 g/mol. The standard InChI is InChI=1S/C24H33FN4O2/c1-28(24(31)18-29-16-8-3-2-6-10-23(29)30)15-7-4-5-9-21-17-22(27-26-21)19-11-13-20(25)14-12-19/h11-14,17H,2-10,15-16,18H2,1H3,(H,26,27). The molecular weight excluding hydrogens is 395 g/mol. The quantitative estimate of drug-likeness (QED) is 0.609. The molecule has 0 aliphatic carbocycles. The van der Waals surface area contributed by atoms with E-state index in [1.165, 1.54) is 12.1 Å². The fourth-order valence-electron chi connectivity index (χ4n) is 3.89. The van der Waals surface area contributed by atoms with Crippen molar-refractivity contribution in [3.05, 3.63) is 41.8 Å². The number of rotatable bonds is 9. The van der Waals surface area contributed by atoms with Crippen molar-refractivity contribution in [1.29, 1.82) is 0 Å². The van der Waals surface area contributed by atoms with E-state index in [2.05, 4.69) is 10.2 Å². The Kier molecular flexibility index (Phi) is 8.62. The summed E-state index contributed by atoms with van der Waals surface area (Å²) in [7, 11) is 1.82. The van der Waals surface area contributed by atoms with Gasteiger partial charge in [0.2, 0.25) is 11.8 Å². The van der Waals surface area contributed by atoms with Crippen molar-refractivity contribution in [1.82, 2.24) is 20.0 Å². The number of hydrogen-bond acceptors (Lipinski definition) is 3. The number of aromatic amines is 1. The molecule has 1 aromatic heterocycles. The highest BCUT2D eigenvalue weighted by atomic mass is 19.1. The van der Waals surface area contributed by atoms with Gasteiger partial charge in [-0.05, 0) is 62.4 Å². The lowest BCUT2D eigenvalue weighted by molar-refractivity contribution is -0.140. The van der Waals surface area contributed by atoms with Gasteiger partial charge in [-0.15, -0.1) is 0 Å². The number of carbonyl (C=O) groups excluding carboxylic acids is 2. The number of hydrogen-bond donors (Lipinski definition) is 1. The third-order valence-electron chi connectivity index (χ3n) is 5.88. The van der Waals surface area contributed by atoms with Crippen molar-refractivity contribution in [3.8, 4) is 11.3 Å². The smallest absolute Gasteiger partial charge is 0.241 e. The lowest BCUT2D eigenvalue weighted by atomic mass is 10.1. The van der Waals surface area contributed by atoms with Crippen LogP contribution < -0.4 is 0 Å². The summed E-state index contributed by atoms with van der Waals surface area (Å²) in [5.74, 6) is -0.121. The fraction of sp³-hybridized carbons (Fsp3) is 0.542. The lowest BCUT2D eigenvalue weighted by Gasteiger charge is -2.26. The second-order valence-corrected chi connectivity index (χ2v) is 8.39. The van der Waals surface area contributed by atoms with E-state index in [9.17, 15) is 14.0 Å². The largest absolute Gasteiger partial charge is 0.344 e. The molecule has 1 fully saturated rings. The van der Waals surface area contributed by atoms with Crippen LogP contribution in [0.1, 0.15) is 57.1 Å². The molecule has 0 spiro atoms. The normalized spacial score (nSPS) is 14.9. The zero-order valence-corrected chi connectivity index (χ0v) is 18.4. The number of unbranched alkanes of at least 4 members (excludes halogenated alkanes) is 2. The van der Waals surface area contributed by atoms with Gasteiger partial charge in [0.05, 0.1) is 12.2 Å². The van der Waals surface area contributed by atoms with Crippen molar-refractivity contribution in [3.63, 3.8) is 0 Å². The molecule has 0 bridgehead atoms.